The van der Waals surface area contributed by atoms with Crippen molar-refractivity contribution in [2.75, 3.05) is 18.6 Å². The highest BCUT2D eigenvalue weighted by atomic mass is 32.2. The van der Waals surface area contributed by atoms with Crippen molar-refractivity contribution in [1.29, 1.82) is 0 Å². The lowest BCUT2D eigenvalue weighted by Gasteiger charge is -2.04. The third-order valence-electron chi connectivity index (χ3n) is 1.96. The average molecular weight is 272 g/mol. The van der Waals surface area contributed by atoms with Crippen LogP contribution in [-0.2, 0) is 9.84 Å². The maximum atomic E-state index is 11.5. The number of amides is 1. The predicted octanol–water partition coefficient (Wildman–Crippen LogP) is -0.446. The Kier molecular flexibility index (Phi) is 4.38. The van der Waals surface area contributed by atoms with Gasteiger partial charge >= 0.3 is 5.97 Å². The number of aromatic carboxylic acids is 1. The fourth-order valence-corrected chi connectivity index (χ4v) is 1.59. The van der Waals surface area contributed by atoms with E-state index in [0.717, 1.165) is 6.26 Å². The van der Waals surface area contributed by atoms with Gasteiger partial charge in [0.15, 0.2) is 0 Å². The standard InChI is InChI=1S/C10H12N2O5S/c1-18(16,17)6-5-11-9(13)7-3-2-4-8(12-7)10(14)15/h2-4H,5-6H2,1H3,(H,11,13)(H,14,15). The van der Waals surface area contributed by atoms with Gasteiger partial charge in [0, 0.05) is 12.8 Å². The summed E-state index contributed by atoms with van der Waals surface area (Å²) in [6, 6.07) is 4.00. The predicted molar refractivity (Wildman–Crippen MR) is 63.2 cm³/mol. The van der Waals surface area contributed by atoms with Gasteiger partial charge in [0.25, 0.3) is 5.91 Å². The van der Waals surface area contributed by atoms with Gasteiger partial charge in [0.05, 0.1) is 5.75 Å². The topological polar surface area (TPSA) is 113 Å². The van der Waals surface area contributed by atoms with Crippen molar-refractivity contribution in [2.24, 2.45) is 0 Å². The molecular weight excluding hydrogens is 260 g/mol. The average Bonchev–Trinajstić information content (AvgIpc) is 2.27. The summed E-state index contributed by atoms with van der Waals surface area (Å²) >= 11 is 0. The number of pyridine rings is 1. The summed E-state index contributed by atoms with van der Waals surface area (Å²) in [5, 5.41) is 11.0. The van der Waals surface area contributed by atoms with E-state index in [1.54, 1.807) is 0 Å². The summed E-state index contributed by atoms with van der Waals surface area (Å²) in [6.45, 7) is -0.0450. The molecule has 0 aromatic carbocycles. The monoisotopic (exact) mass is 272 g/mol. The third kappa shape index (κ3) is 4.50. The first-order valence-electron chi connectivity index (χ1n) is 4.96. The number of carboxylic acid groups (broad SMARTS) is 1. The van der Waals surface area contributed by atoms with Gasteiger partial charge in [-0.3, -0.25) is 4.79 Å². The summed E-state index contributed by atoms with van der Waals surface area (Å²) in [5.74, 6) is -2.03. The van der Waals surface area contributed by atoms with E-state index in [9.17, 15) is 18.0 Å². The number of nitrogens with one attached hydrogen (secondary N) is 1. The van der Waals surface area contributed by atoms with Crippen molar-refractivity contribution in [1.82, 2.24) is 10.3 Å². The molecule has 0 bridgehead atoms. The largest absolute Gasteiger partial charge is 0.477 e. The molecule has 0 aliphatic rings. The van der Waals surface area contributed by atoms with Crippen LogP contribution in [0.2, 0.25) is 0 Å². The number of hydrogen-bond donors (Lipinski definition) is 2. The summed E-state index contributed by atoms with van der Waals surface area (Å²) in [5.41, 5.74) is -0.311. The van der Waals surface area contributed by atoms with E-state index >= 15 is 0 Å². The van der Waals surface area contributed by atoms with E-state index in [2.05, 4.69) is 10.3 Å². The van der Waals surface area contributed by atoms with Gasteiger partial charge in [0.2, 0.25) is 0 Å². The van der Waals surface area contributed by atoms with Crippen LogP contribution >= 0.6 is 0 Å². The van der Waals surface area contributed by atoms with Crippen LogP contribution in [-0.4, -0.2) is 48.9 Å². The molecule has 1 aromatic heterocycles. The second-order valence-corrected chi connectivity index (χ2v) is 5.86. The second-order valence-electron chi connectivity index (χ2n) is 3.60. The summed E-state index contributed by atoms with van der Waals surface area (Å²) in [4.78, 5) is 25.8. The Bertz CT molecular complexity index is 567. The van der Waals surface area contributed by atoms with Crippen LogP contribution in [0.25, 0.3) is 0 Å². The molecule has 0 atom stereocenters. The minimum atomic E-state index is -3.15. The summed E-state index contributed by atoms with van der Waals surface area (Å²) in [6.07, 6.45) is 1.06. The Labute approximate surface area is 104 Å². The molecular formula is C10H12N2O5S. The van der Waals surface area contributed by atoms with E-state index in [4.69, 9.17) is 5.11 Å². The zero-order valence-electron chi connectivity index (χ0n) is 9.58. The van der Waals surface area contributed by atoms with Gasteiger partial charge in [-0.25, -0.2) is 18.2 Å². The Morgan fingerprint density at radius 3 is 2.50 bits per heavy atom. The number of carbonyl (C=O) groups is 2. The highest BCUT2D eigenvalue weighted by molar-refractivity contribution is 7.90. The lowest BCUT2D eigenvalue weighted by molar-refractivity contribution is 0.0690. The van der Waals surface area contributed by atoms with Crippen LogP contribution < -0.4 is 5.32 Å². The van der Waals surface area contributed by atoms with E-state index in [0.29, 0.717) is 0 Å². The van der Waals surface area contributed by atoms with Crippen molar-refractivity contribution in [3.8, 4) is 0 Å². The quantitative estimate of drug-likeness (QED) is 0.750. The molecule has 2 N–H and O–H groups in total. The molecule has 0 saturated carbocycles. The number of rotatable bonds is 5. The first kappa shape index (κ1) is 14.1. The van der Waals surface area contributed by atoms with Gasteiger partial charge in [-0.1, -0.05) is 6.07 Å². The molecule has 1 amide bonds. The van der Waals surface area contributed by atoms with Crippen LogP contribution in [0.5, 0.6) is 0 Å². The molecule has 0 fully saturated rings. The van der Waals surface area contributed by atoms with Gasteiger partial charge < -0.3 is 10.4 Å². The molecule has 7 nitrogen and oxygen atoms in total. The van der Waals surface area contributed by atoms with Gasteiger partial charge in [0.1, 0.15) is 21.2 Å². The maximum absolute atomic E-state index is 11.5. The van der Waals surface area contributed by atoms with E-state index in [1.807, 2.05) is 0 Å². The fraction of sp³-hybridized carbons (Fsp3) is 0.300. The van der Waals surface area contributed by atoms with Crippen LogP contribution in [0, 0.1) is 0 Å². The fourth-order valence-electron chi connectivity index (χ4n) is 1.12. The van der Waals surface area contributed by atoms with Crippen LogP contribution in [0.3, 0.4) is 0 Å². The summed E-state index contributed by atoms with van der Waals surface area (Å²) < 4.78 is 21.7. The SMILES string of the molecule is CS(=O)(=O)CCNC(=O)c1cccc(C(=O)O)n1. The first-order chi connectivity index (χ1) is 8.29. The Morgan fingerprint density at radius 1 is 1.33 bits per heavy atom. The highest BCUT2D eigenvalue weighted by Gasteiger charge is 2.11. The van der Waals surface area contributed by atoms with Crippen LogP contribution in [0.1, 0.15) is 21.0 Å². The molecule has 8 heteroatoms. The molecule has 98 valence electrons. The Morgan fingerprint density at radius 2 is 1.94 bits per heavy atom. The Hall–Kier alpha value is -1.96. The third-order valence-corrected chi connectivity index (χ3v) is 2.90. The molecule has 0 unspecified atom stereocenters. The molecule has 0 saturated heterocycles. The van der Waals surface area contributed by atoms with E-state index in [-0.39, 0.29) is 23.7 Å². The Balaban J connectivity index is 2.67. The normalized spacial score (nSPS) is 10.9. The number of sulfone groups is 1. The van der Waals surface area contributed by atoms with Crippen molar-refractivity contribution in [3.63, 3.8) is 0 Å². The molecule has 18 heavy (non-hydrogen) atoms. The molecule has 0 spiro atoms. The molecule has 0 aliphatic carbocycles. The zero-order valence-corrected chi connectivity index (χ0v) is 10.4. The molecule has 1 aromatic rings. The van der Waals surface area contributed by atoms with Crippen molar-refractivity contribution in [3.05, 3.63) is 29.6 Å². The van der Waals surface area contributed by atoms with Crippen molar-refractivity contribution in [2.45, 2.75) is 0 Å². The first-order valence-corrected chi connectivity index (χ1v) is 7.02. The van der Waals surface area contributed by atoms with E-state index in [1.165, 1.54) is 18.2 Å². The van der Waals surface area contributed by atoms with Crippen LogP contribution in [0.15, 0.2) is 18.2 Å². The lowest BCUT2D eigenvalue weighted by Crippen LogP contribution is -2.29. The zero-order chi connectivity index (χ0) is 13.8. The smallest absolute Gasteiger partial charge is 0.354 e. The van der Waals surface area contributed by atoms with Crippen LogP contribution in [0.4, 0.5) is 0 Å². The number of nitrogens with zero attached hydrogens (tertiary/aromatic N) is 1. The van der Waals surface area contributed by atoms with Gasteiger partial charge in [-0.05, 0) is 12.1 Å². The highest BCUT2D eigenvalue weighted by Crippen LogP contribution is 1.99. The maximum Gasteiger partial charge on any atom is 0.354 e. The lowest BCUT2D eigenvalue weighted by atomic mass is 10.3. The van der Waals surface area contributed by atoms with Crippen molar-refractivity contribution < 1.29 is 23.1 Å². The minimum Gasteiger partial charge on any atom is -0.477 e. The molecule has 0 aliphatic heterocycles. The van der Waals surface area contributed by atoms with Gasteiger partial charge in [-0.15, -0.1) is 0 Å². The number of hydrogen-bond acceptors (Lipinski definition) is 5. The number of carbonyl (C=O) groups excluding carboxylic acids is 1. The van der Waals surface area contributed by atoms with Crippen molar-refractivity contribution >= 4 is 21.7 Å². The molecule has 1 heterocycles. The molecule has 0 radical (unpaired) electrons. The number of carboxylic acids is 1. The summed E-state index contributed by atoms with van der Waals surface area (Å²) in [7, 11) is -3.15. The van der Waals surface area contributed by atoms with E-state index < -0.39 is 21.7 Å². The second kappa shape index (κ2) is 5.58. The molecule has 1 rings (SSSR count). The van der Waals surface area contributed by atoms with Gasteiger partial charge in [-0.2, -0.15) is 0 Å². The number of aromatic nitrogens is 1. The minimum absolute atomic E-state index is 0.0450.